The number of amides is 1. The van der Waals surface area contributed by atoms with Crippen LogP contribution in [0.25, 0.3) is 0 Å². The Morgan fingerprint density at radius 3 is 2.36 bits per heavy atom. The lowest BCUT2D eigenvalue weighted by molar-refractivity contribution is -0.132. The second kappa shape index (κ2) is 6.51. The van der Waals surface area contributed by atoms with Gasteiger partial charge in [-0.25, -0.2) is 8.42 Å². The number of sulfone groups is 1. The van der Waals surface area contributed by atoms with Crippen LogP contribution in [0.2, 0.25) is 0 Å². The SMILES string of the molecule is O=C(C1CC1)N1CCCN(c2ccccc2S(=O)(=O)C(F)(F)F)CC1. The fraction of sp³-hybridized carbons (Fsp3) is 0.562. The molecule has 0 aromatic heterocycles. The molecule has 0 unspecified atom stereocenters. The number of rotatable bonds is 3. The van der Waals surface area contributed by atoms with Crippen LogP contribution in [0.1, 0.15) is 19.3 Å². The summed E-state index contributed by atoms with van der Waals surface area (Å²) < 4.78 is 62.6. The van der Waals surface area contributed by atoms with Gasteiger partial charge < -0.3 is 9.80 Å². The number of alkyl halides is 3. The molecule has 1 amide bonds. The second-order valence-electron chi connectivity index (χ2n) is 6.36. The fourth-order valence-electron chi connectivity index (χ4n) is 3.04. The standard InChI is InChI=1S/C16H19F3N2O3S/c17-16(18,19)25(23,24)14-5-2-1-4-13(14)20-8-3-9-21(11-10-20)15(22)12-6-7-12/h1-2,4-5,12H,3,6-11H2. The molecule has 0 spiro atoms. The van der Waals surface area contributed by atoms with Gasteiger partial charge in [0.25, 0.3) is 9.84 Å². The number of carbonyl (C=O) groups excluding carboxylic acids is 1. The third kappa shape index (κ3) is 3.61. The number of nitrogens with zero attached hydrogens (tertiary/aromatic N) is 2. The van der Waals surface area contributed by atoms with E-state index in [9.17, 15) is 26.4 Å². The molecule has 0 N–H and O–H groups in total. The largest absolute Gasteiger partial charge is 0.501 e. The van der Waals surface area contributed by atoms with Gasteiger partial charge in [-0.2, -0.15) is 13.2 Å². The Morgan fingerprint density at radius 2 is 1.72 bits per heavy atom. The first-order valence-corrected chi connectivity index (χ1v) is 9.64. The Labute approximate surface area is 144 Å². The summed E-state index contributed by atoms with van der Waals surface area (Å²) in [6.45, 7) is 1.64. The summed E-state index contributed by atoms with van der Waals surface area (Å²) in [6, 6.07) is 5.17. The highest BCUT2D eigenvalue weighted by Gasteiger charge is 2.48. The van der Waals surface area contributed by atoms with Gasteiger partial charge >= 0.3 is 5.51 Å². The average Bonchev–Trinajstić information content (AvgIpc) is 3.39. The van der Waals surface area contributed by atoms with Crippen LogP contribution in [-0.2, 0) is 14.6 Å². The molecule has 9 heteroatoms. The molecule has 0 radical (unpaired) electrons. The molecule has 1 aliphatic carbocycles. The molecule has 0 atom stereocenters. The van der Waals surface area contributed by atoms with Gasteiger partial charge in [0.15, 0.2) is 0 Å². The van der Waals surface area contributed by atoms with Gasteiger partial charge in [0, 0.05) is 32.1 Å². The number of hydrogen-bond donors (Lipinski definition) is 0. The quantitative estimate of drug-likeness (QED) is 0.813. The molecular formula is C16H19F3N2O3S. The van der Waals surface area contributed by atoms with Crippen molar-refractivity contribution < 1.29 is 26.4 Å². The summed E-state index contributed by atoms with van der Waals surface area (Å²) in [5.41, 5.74) is -5.30. The zero-order chi connectivity index (χ0) is 18.2. The van der Waals surface area contributed by atoms with Crippen molar-refractivity contribution >= 4 is 21.4 Å². The van der Waals surface area contributed by atoms with E-state index in [2.05, 4.69) is 0 Å². The third-order valence-electron chi connectivity index (χ3n) is 4.53. The topological polar surface area (TPSA) is 57.7 Å². The number of benzene rings is 1. The van der Waals surface area contributed by atoms with Crippen molar-refractivity contribution in [1.29, 1.82) is 0 Å². The Kier molecular flexibility index (Phi) is 4.70. The Balaban J connectivity index is 1.84. The molecule has 1 saturated carbocycles. The van der Waals surface area contributed by atoms with Crippen molar-refractivity contribution in [3.05, 3.63) is 24.3 Å². The third-order valence-corrected chi connectivity index (χ3v) is 6.07. The smallest absolute Gasteiger partial charge is 0.369 e. The van der Waals surface area contributed by atoms with E-state index in [1.54, 1.807) is 9.80 Å². The fourth-order valence-corrected chi connectivity index (χ4v) is 4.02. The first kappa shape index (κ1) is 18.0. The number of para-hydroxylation sites is 1. The van der Waals surface area contributed by atoms with E-state index in [1.165, 1.54) is 18.2 Å². The van der Waals surface area contributed by atoms with Gasteiger partial charge in [0.05, 0.1) is 10.6 Å². The number of anilines is 1. The summed E-state index contributed by atoms with van der Waals surface area (Å²) in [5, 5.41) is 0. The molecule has 3 rings (SSSR count). The molecule has 1 heterocycles. The monoisotopic (exact) mass is 376 g/mol. The summed E-state index contributed by atoms with van der Waals surface area (Å²) in [6.07, 6.45) is 2.37. The Hall–Kier alpha value is -1.77. The van der Waals surface area contributed by atoms with Crippen LogP contribution < -0.4 is 4.90 Å². The van der Waals surface area contributed by atoms with Crippen LogP contribution in [0.4, 0.5) is 18.9 Å². The predicted molar refractivity (Wildman–Crippen MR) is 85.8 cm³/mol. The number of carbonyl (C=O) groups is 1. The number of halogens is 3. The summed E-state index contributed by atoms with van der Waals surface area (Å²) in [7, 11) is -5.42. The molecule has 1 aliphatic heterocycles. The highest BCUT2D eigenvalue weighted by Crippen LogP contribution is 2.36. The first-order chi connectivity index (χ1) is 11.7. The minimum absolute atomic E-state index is 0.0422. The van der Waals surface area contributed by atoms with E-state index in [4.69, 9.17) is 0 Å². The molecule has 5 nitrogen and oxygen atoms in total. The summed E-state index contributed by atoms with van der Waals surface area (Å²) in [5.74, 6) is 0.183. The molecule has 1 aromatic rings. The molecule has 138 valence electrons. The molecule has 2 fully saturated rings. The van der Waals surface area contributed by atoms with Crippen molar-refractivity contribution in [2.24, 2.45) is 5.92 Å². The van der Waals surface area contributed by atoms with Crippen molar-refractivity contribution in [2.75, 3.05) is 31.1 Å². The Bertz CT molecular complexity index is 760. The van der Waals surface area contributed by atoms with Crippen LogP contribution in [-0.4, -0.2) is 50.9 Å². The van der Waals surface area contributed by atoms with Crippen LogP contribution in [0.15, 0.2) is 29.2 Å². The second-order valence-corrected chi connectivity index (χ2v) is 8.27. The van der Waals surface area contributed by atoms with Gasteiger partial charge in [0.2, 0.25) is 5.91 Å². The lowest BCUT2D eigenvalue weighted by atomic mass is 10.2. The number of hydrogen-bond acceptors (Lipinski definition) is 4. The highest BCUT2D eigenvalue weighted by molar-refractivity contribution is 7.92. The van der Waals surface area contributed by atoms with Crippen LogP contribution in [0, 0.1) is 5.92 Å². The molecule has 25 heavy (non-hydrogen) atoms. The molecule has 0 bridgehead atoms. The lowest BCUT2D eigenvalue weighted by Crippen LogP contribution is -2.36. The maximum Gasteiger partial charge on any atom is 0.501 e. The van der Waals surface area contributed by atoms with Crippen LogP contribution in [0.3, 0.4) is 0 Å². The zero-order valence-corrected chi connectivity index (χ0v) is 14.3. The normalized spacial score (nSPS) is 19.6. The van der Waals surface area contributed by atoms with Gasteiger partial charge in [-0.05, 0) is 31.4 Å². The zero-order valence-electron chi connectivity index (χ0n) is 13.5. The Morgan fingerprint density at radius 1 is 1.04 bits per heavy atom. The van der Waals surface area contributed by atoms with Crippen molar-refractivity contribution in [1.82, 2.24) is 4.90 Å². The van der Waals surface area contributed by atoms with Crippen LogP contribution >= 0.6 is 0 Å². The summed E-state index contributed by atoms with van der Waals surface area (Å²) >= 11 is 0. The van der Waals surface area contributed by atoms with Crippen LogP contribution in [0.5, 0.6) is 0 Å². The maximum absolute atomic E-state index is 13.0. The highest BCUT2D eigenvalue weighted by atomic mass is 32.2. The van der Waals surface area contributed by atoms with E-state index in [-0.39, 0.29) is 17.5 Å². The van der Waals surface area contributed by atoms with Crippen molar-refractivity contribution in [2.45, 2.75) is 29.7 Å². The lowest BCUT2D eigenvalue weighted by Gasteiger charge is -2.26. The molecule has 1 aromatic carbocycles. The molecule has 2 aliphatic rings. The van der Waals surface area contributed by atoms with E-state index in [0.717, 1.165) is 18.9 Å². The van der Waals surface area contributed by atoms with E-state index in [0.29, 0.717) is 32.6 Å². The molecular weight excluding hydrogens is 357 g/mol. The minimum atomic E-state index is -5.42. The first-order valence-electron chi connectivity index (χ1n) is 8.16. The summed E-state index contributed by atoms with van der Waals surface area (Å²) in [4.78, 5) is 14.8. The van der Waals surface area contributed by atoms with E-state index >= 15 is 0 Å². The van der Waals surface area contributed by atoms with Crippen molar-refractivity contribution in [3.63, 3.8) is 0 Å². The van der Waals surface area contributed by atoms with Gasteiger partial charge in [-0.3, -0.25) is 4.79 Å². The van der Waals surface area contributed by atoms with Gasteiger partial charge in [-0.15, -0.1) is 0 Å². The van der Waals surface area contributed by atoms with Gasteiger partial charge in [-0.1, -0.05) is 12.1 Å². The van der Waals surface area contributed by atoms with E-state index < -0.39 is 20.2 Å². The predicted octanol–water partition coefficient (Wildman–Crippen LogP) is 2.43. The van der Waals surface area contributed by atoms with Crippen molar-refractivity contribution in [3.8, 4) is 0 Å². The minimum Gasteiger partial charge on any atom is -0.369 e. The maximum atomic E-state index is 13.0. The average molecular weight is 376 g/mol. The van der Waals surface area contributed by atoms with E-state index in [1.807, 2.05) is 0 Å². The van der Waals surface area contributed by atoms with Gasteiger partial charge in [0.1, 0.15) is 0 Å². The molecule has 1 saturated heterocycles.